The number of aromatic nitrogens is 1. The summed E-state index contributed by atoms with van der Waals surface area (Å²) < 4.78 is 0. The topological polar surface area (TPSA) is 57.3 Å². The van der Waals surface area contributed by atoms with Gasteiger partial charge in [-0.15, -0.1) is 0 Å². The summed E-state index contributed by atoms with van der Waals surface area (Å²) in [5.41, 5.74) is 1.15. The maximum atomic E-state index is 11.8. The van der Waals surface area contributed by atoms with Crippen LogP contribution < -0.4 is 10.6 Å². The minimum absolute atomic E-state index is 0.000294. The summed E-state index contributed by atoms with van der Waals surface area (Å²) >= 11 is 0. The largest absolute Gasteiger partial charge is 0.370 e. The Morgan fingerprint density at radius 1 is 1.58 bits per heavy atom. The summed E-state index contributed by atoms with van der Waals surface area (Å²) in [6.45, 7) is 4.65. The minimum Gasteiger partial charge on any atom is -0.370 e. The predicted octanol–water partition coefficient (Wildman–Crippen LogP) is 1.22. The lowest BCUT2D eigenvalue weighted by Gasteiger charge is -2.23. The summed E-state index contributed by atoms with van der Waals surface area (Å²) in [4.78, 5) is 18.4. The quantitative estimate of drug-likeness (QED) is 0.838. The van der Waals surface area contributed by atoms with Crippen molar-refractivity contribution in [2.45, 2.75) is 32.4 Å². The van der Waals surface area contributed by atoms with Gasteiger partial charge < -0.3 is 10.6 Å². The first-order valence-corrected chi connectivity index (χ1v) is 6.89. The van der Waals surface area contributed by atoms with Crippen molar-refractivity contribution in [2.24, 2.45) is 0 Å². The molecule has 0 bridgehead atoms. The minimum atomic E-state index is -0.000294. The number of likely N-dealkylation sites (N-methyl/N-ethyl adjacent to an activating group) is 1. The molecule has 1 aliphatic heterocycles. The van der Waals surface area contributed by atoms with Crippen LogP contribution in [0.1, 0.15) is 25.3 Å². The lowest BCUT2D eigenvalue weighted by molar-refractivity contribution is -0.125. The van der Waals surface area contributed by atoms with Gasteiger partial charge >= 0.3 is 0 Å². The molecule has 2 N–H and O–H groups in total. The van der Waals surface area contributed by atoms with Gasteiger partial charge in [0.2, 0.25) is 5.91 Å². The molecule has 1 aromatic rings. The van der Waals surface area contributed by atoms with E-state index in [2.05, 4.69) is 33.5 Å². The highest BCUT2D eigenvalue weighted by molar-refractivity contribution is 5.81. The van der Waals surface area contributed by atoms with Gasteiger partial charge in [0.25, 0.3) is 0 Å². The van der Waals surface area contributed by atoms with Crippen molar-refractivity contribution in [2.75, 3.05) is 25.5 Å². The second-order valence-corrected chi connectivity index (χ2v) is 4.78. The van der Waals surface area contributed by atoms with Crippen molar-refractivity contribution in [1.29, 1.82) is 0 Å². The summed E-state index contributed by atoms with van der Waals surface area (Å²) in [7, 11) is 1.70. The third-order valence-corrected chi connectivity index (χ3v) is 3.52. The normalized spacial score (nSPS) is 19.4. The van der Waals surface area contributed by atoms with Gasteiger partial charge in [-0.25, -0.2) is 4.98 Å². The summed E-state index contributed by atoms with van der Waals surface area (Å²) in [5.74, 6) is 1.04. The number of nitrogens with one attached hydrogen (secondary N) is 2. The van der Waals surface area contributed by atoms with Crippen LogP contribution in [0.4, 0.5) is 5.82 Å². The maximum Gasteiger partial charge on any atom is 0.237 e. The summed E-state index contributed by atoms with van der Waals surface area (Å²) in [6.07, 6.45) is 3.81. The molecule has 1 aromatic heterocycles. The van der Waals surface area contributed by atoms with E-state index < -0.39 is 0 Å². The second-order valence-electron chi connectivity index (χ2n) is 4.78. The van der Waals surface area contributed by atoms with Crippen molar-refractivity contribution < 1.29 is 4.79 Å². The number of anilines is 1. The van der Waals surface area contributed by atoms with Gasteiger partial charge in [-0.2, -0.15) is 0 Å². The Kier molecular flexibility index (Phi) is 4.74. The Morgan fingerprint density at radius 2 is 2.42 bits per heavy atom. The number of nitrogens with zero attached hydrogens (tertiary/aromatic N) is 2. The monoisotopic (exact) mass is 262 g/mol. The van der Waals surface area contributed by atoms with E-state index in [4.69, 9.17) is 0 Å². The van der Waals surface area contributed by atoms with E-state index in [-0.39, 0.29) is 11.9 Å². The Bertz CT molecular complexity index is 435. The Balaban J connectivity index is 2.10. The van der Waals surface area contributed by atoms with Crippen molar-refractivity contribution in [3.05, 3.63) is 23.9 Å². The Hall–Kier alpha value is -1.62. The lowest BCUT2D eigenvalue weighted by atomic mass is 10.2. The van der Waals surface area contributed by atoms with Gasteiger partial charge in [-0.05, 0) is 32.4 Å². The molecule has 0 radical (unpaired) electrons. The first-order valence-electron chi connectivity index (χ1n) is 6.89. The van der Waals surface area contributed by atoms with Crippen molar-refractivity contribution in [3.8, 4) is 0 Å². The standard InChI is InChI=1S/C14H22N4O/c1-3-16-13-11(6-4-8-17-13)10-18-9-5-7-12(18)14(19)15-2/h4,6,8,12H,3,5,7,9-10H2,1-2H3,(H,15,19)(H,16,17). The average Bonchev–Trinajstić information content (AvgIpc) is 2.88. The number of amides is 1. The van der Waals surface area contributed by atoms with Crippen molar-refractivity contribution in [3.63, 3.8) is 0 Å². The van der Waals surface area contributed by atoms with E-state index >= 15 is 0 Å². The SMILES string of the molecule is CCNc1ncccc1CN1CCCC1C(=O)NC. The molecular formula is C14H22N4O. The van der Waals surface area contributed by atoms with E-state index in [9.17, 15) is 4.79 Å². The molecule has 0 saturated carbocycles. The van der Waals surface area contributed by atoms with E-state index in [0.29, 0.717) is 0 Å². The van der Waals surface area contributed by atoms with Crippen LogP contribution in [-0.2, 0) is 11.3 Å². The van der Waals surface area contributed by atoms with Crippen molar-refractivity contribution in [1.82, 2.24) is 15.2 Å². The van der Waals surface area contributed by atoms with Crippen LogP contribution in [-0.4, -0.2) is 42.0 Å². The fourth-order valence-electron chi connectivity index (χ4n) is 2.59. The molecule has 1 saturated heterocycles. The molecule has 2 rings (SSSR count). The molecule has 1 fully saturated rings. The lowest BCUT2D eigenvalue weighted by Crippen LogP contribution is -2.41. The first kappa shape index (κ1) is 13.8. The van der Waals surface area contributed by atoms with Gasteiger partial charge in [0.1, 0.15) is 5.82 Å². The molecule has 1 amide bonds. The number of carbonyl (C=O) groups excluding carboxylic acids is 1. The third-order valence-electron chi connectivity index (χ3n) is 3.52. The van der Waals surface area contributed by atoms with E-state index in [0.717, 1.165) is 43.9 Å². The van der Waals surface area contributed by atoms with Gasteiger partial charge in [-0.3, -0.25) is 9.69 Å². The van der Waals surface area contributed by atoms with E-state index in [1.54, 1.807) is 13.2 Å². The van der Waals surface area contributed by atoms with Gasteiger partial charge in [-0.1, -0.05) is 6.07 Å². The zero-order valence-electron chi connectivity index (χ0n) is 11.6. The zero-order chi connectivity index (χ0) is 13.7. The number of hydrogen-bond donors (Lipinski definition) is 2. The first-order chi connectivity index (χ1) is 9.26. The molecule has 0 aromatic carbocycles. The van der Waals surface area contributed by atoms with Crippen LogP contribution in [0.15, 0.2) is 18.3 Å². The highest BCUT2D eigenvalue weighted by atomic mass is 16.2. The number of hydrogen-bond acceptors (Lipinski definition) is 4. The molecule has 5 heteroatoms. The third kappa shape index (κ3) is 3.23. The molecule has 5 nitrogen and oxygen atoms in total. The van der Waals surface area contributed by atoms with Crippen LogP contribution in [0.3, 0.4) is 0 Å². The zero-order valence-corrected chi connectivity index (χ0v) is 11.6. The summed E-state index contributed by atoms with van der Waals surface area (Å²) in [6, 6.07) is 4.02. The molecule has 1 atom stereocenters. The van der Waals surface area contributed by atoms with Gasteiger partial charge in [0.15, 0.2) is 0 Å². The van der Waals surface area contributed by atoms with Gasteiger partial charge in [0.05, 0.1) is 6.04 Å². The Labute approximate surface area is 114 Å². The predicted molar refractivity (Wildman–Crippen MR) is 75.9 cm³/mol. The highest BCUT2D eigenvalue weighted by Crippen LogP contribution is 2.22. The molecule has 0 spiro atoms. The fraction of sp³-hybridized carbons (Fsp3) is 0.571. The van der Waals surface area contributed by atoms with E-state index in [1.165, 1.54) is 0 Å². The number of rotatable bonds is 5. The summed E-state index contributed by atoms with van der Waals surface area (Å²) in [5, 5.41) is 6.02. The van der Waals surface area contributed by atoms with Crippen LogP contribution in [0, 0.1) is 0 Å². The van der Waals surface area contributed by atoms with Crippen LogP contribution in [0.2, 0.25) is 0 Å². The van der Waals surface area contributed by atoms with Gasteiger partial charge in [0, 0.05) is 31.9 Å². The number of likely N-dealkylation sites (tertiary alicyclic amines) is 1. The van der Waals surface area contributed by atoms with Crippen LogP contribution in [0.25, 0.3) is 0 Å². The molecule has 0 aliphatic carbocycles. The van der Waals surface area contributed by atoms with E-state index in [1.807, 2.05) is 6.07 Å². The molecule has 1 aliphatic rings. The smallest absolute Gasteiger partial charge is 0.237 e. The molecule has 19 heavy (non-hydrogen) atoms. The van der Waals surface area contributed by atoms with Crippen LogP contribution in [0.5, 0.6) is 0 Å². The Morgan fingerprint density at radius 3 is 3.16 bits per heavy atom. The second kappa shape index (κ2) is 6.52. The number of carbonyl (C=O) groups is 1. The van der Waals surface area contributed by atoms with Crippen molar-refractivity contribution >= 4 is 11.7 Å². The van der Waals surface area contributed by atoms with Crippen LogP contribution >= 0.6 is 0 Å². The molecule has 2 heterocycles. The molecular weight excluding hydrogens is 240 g/mol. The highest BCUT2D eigenvalue weighted by Gasteiger charge is 2.30. The fourth-order valence-corrected chi connectivity index (χ4v) is 2.59. The molecule has 1 unspecified atom stereocenters. The molecule has 104 valence electrons. The average molecular weight is 262 g/mol. The number of pyridine rings is 1. The maximum absolute atomic E-state index is 11.8.